The van der Waals surface area contributed by atoms with Crippen LogP contribution in [0, 0.1) is 5.41 Å². The van der Waals surface area contributed by atoms with Gasteiger partial charge in [-0.3, -0.25) is 0 Å². The fraction of sp³-hybridized carbons (Fsp3) is 1.00. The Hall–Kier alpha value is -0.0800. The molecule has 1 rings (SSSR count). The summed E-state index contributed by atoms with van der Waals surface area (Å²) in [7, 11) is 0. The van der Waals surface area contributed by atoms with E-state index >= 15 is 0 Å². The van der Waals surface area contributed by atoms with Crippen LogP contribution < -0.4 is 5.32 Å². The fourth-order valence-corrected chi connectivity index (χ4v) is 1.97. The Kier molecular flexibility index (Phi) is 3.59. The van der Waals surface area contributed by atoms with Crippen LogP contribution in [0.25, 0.3) is 0 Å². The van der Waals surface area contributed by atoms with Crippen LogP contribution in [-0.2, 0) is 4.74 Å². The standard InChI is InChI=1S/C12H25NO/c1-6-12(7-2)9-13-8-10(14-12)11(3,4)5/h10,13H,6-9H2,1-5H3. The SMILES string of the molecule is CCC1(CC)CNCC(C(C)(C)C)O1. The van der Waals surface area contributed by atoms with E-state index in [1.54, 1.807) is 0 Å². The van der Waals surface area contributed by atoms with E-state index in [2.05, 4.69) is 39.9 Å². The molecular weight excluding hydrogens is 174 g/mol. The molecule has 0 aromatic heterocycles. The normalized spacial score (nSPS) is 27.6. The first-order valence-electron chi connectivity index (χ1n) is 5.82. The predicted molar refractivity (Wildman–Crippen MR) is 60.5 cm³/mol. The lowest BCUT2D eigenvalue weighted by atomic mass is 9.85. The zero-order valence-corrected chi connectivity index (χ0v) is 10.3. The van der Waals surface area contributed by atoms with E-state index < -0.39 is 0 Å². The Morgan fingerprint density at radius 2 is 1.86 bits per heavy atom. The molecule has 1 aliphatic heterocycles. The van der Waals surface area contributed by atoms with Crippen LogP contribution in [0.1, 0.15) is 47.5 Å². The van der Waals surface area contributed by atoms with Crippen molar-refractivity contribution in [2.45, 2.75) is 59.2 Å². The minimum absolute atomic E-state index is 0.0796. The van der Waals surface area contributed by atoms with Crippen molar-refractivity contribution in [1.82, 2.24) is 5.32 Å². The number of rotatable bonds is 2. The maximum Gasteiger partial charge on any atom is 0.0805 e. The monoisotopic (exact) mass is 199 g/mol. The topological polar surface area (TPSA) is 21.3 Å². The van der Waals surface area contributed by atoms with Crippen molar-refractivity contribution < 1.29 is 4.74 Å². The van der Waals surface area contributed by atoms with Crippen LogP contribution in [0.15, 0.2) is 0 Å². The Balaban J connectivity index is 2.68. The highest BCUT2D eigenvalue weighted by molar-refractivity contribution is 4.90. The molecule has 1 fully saturated rings. The van der Waals surface area contributed by atoms with E-state index in [4.69, 9.17) is 4.74 Å². The van der Waals surface area contributed by atoms with Crippen LogP contribution in [0.3, 0.4) is 0 Å². The summed E-state index contributed by atoms with van der Waals surface area (Å²) in [5.41, 5.74) is 0.319. The first-order chi connectivity index (χ1) is 6.43. The molecule has 0 saturated carbocycles. The summed E-state index contributed by atoms with van der Waals surface area (Å²) in [6, 6.07) is 0. The number of morpholine rings is 1. The minimum Gasteiger partial charge on any atom is -0.369 e. The van der Waals surface area contributed by atoms with Gasteiger partial charge in [-0.05, 0) is 18.3 Å². The lowest BCUT2D eigenvalue weighted by Crippen LogP contribution is -2.56. The van der Waals surface area contributed by atoms with Gasteiger partial charge in [-0.15, -0.1) is 0 Å². The molecule has 1 N–H and O–H groups in total. The van der Waals surface area contributed by atoms with Gasteiger partial charge in [-0.2, -0.15) is 0 Å². The third-order valence-electron chi connectivity index (χ3n) is 3.42. The molecule has 1 atom stereocenters. The molecule has 1 heterocycles. The number of nitrogens with one attached hydrogen (secondary N) is 1. The molecular formula is C12H25NO. The summed E-state index contributed by atoms with van der Waals surface area (Å²) in [5.74, 6) is 0. The maximum atomic E-state index is 6.27. The van der Waals surface area contributed by atoms with Gasteiger partial charge in [0.15, 0.2) is 0 Å². The second-order valence-electron chi connectivity index (χ2n) is 5.49. The molecule has 0 bridgehead atoms. The lowest BCUT2D eigenvalue weighted by molar-refractivity contribution is -0.154. The Bertz CT molecular complexity index is 179. The van der Waals surface area contributed by atoms with Gasteiger partial charge in [0.2, 0.25) is 0 Å². The van der Waals surface area contributed by atoms with E-state index in [-0.39, 0.29) is 11.0 Å². The van der Waals surface area contributed by atoms with E-state index in [9.17, 15) is 0 Å². The summed E-state index contributed by atoms with van der Waals surface area (Å²) in [6.07, 6.45) is 2.54. The van der Waals surface area contributed by atoms with Gasteiger partial charge in [0.25, 0.3) is 0 Å². The molecule has 0 aromatic rings. The van der Waals surface area contributed by atoms with Gasteiger partial charge in [-0.1, -0.05) is 34.6 Å². The highest BCUT2D eigenvalue weighted by Gasteiger charge is 2.38. The van der Waals surface area contributed by atoms with Crippen LogP contribution in [0.5, 0.6) is 0 Å². The Morgan fingerprint density at radius 1 is 1.29 bits per heavy atom. The average Bonchev–Trinajstić information content (AvgIpc) is 2.16. The quantitative estimate of drug-likeness (QED) is 0.738. The highest BCUT2D eigenvalue weighted by Crippen LogP contribution is 2.32. The van der Waals surface area contributed by atoms with Gasteiger partial charge < -0.3 is 10.1 Å². The fourth-order valence-electron chi connectivity index (χ4n) is 1.97. The van der Waals surface area contributed by atoms with Crippen molar-refractivity contribution in [1.29, 1.82) is 0 Å². The van der Waals surface area contributed by atoms with Crippen molar-refractivity contribution in [3.05, 3.63) is 0 Å². The second-order valence-corrected chi connectivity index (χ2v) is 5.49. The number of hydrogen-bond acceptors (Lipinski definition) is 2. The average molecular weight is 199 g/mol. The Morgan fingerprint density at radius 3 is 2.29 bits per heavy atom. The van der Waals surface area contributed by atoms with Crippen LogP contribution >= 0.6 is 0 Å². The zero-order valence-electron chi connectivity index (χ0n) is 10.3. The van der Waals surface area contributed by atoms with E-state index in [1.807, 2.05) is 0 Å². The van der Waals surface area contributed by atoms with Crippen molar-refractivity contribution in [3.8, 4) is 0 Å². The van der Waals surface area contributed by atoms with Gasteiger partial charge in [-0.25, -0.2) is 0 Å². The summed E-state index contributed by atoms with van der Waals surface area (Å²) in [6.45, 7) is 13.2. The molecule has 14 heavy (non-hydrogen) atoms. The number of hydrogen-bond donors (Lipinski definition) is 1. The van der Waals surface area contributed by atoms with Crippen molar-refractivity contribution in [3.63, 3.8) is 0 Å². The molecule has 1 aliphatic rings. The van der Waals surface area contributed by atoms with Gasteiger partial charge in [0.1, 0.15) is 0 Å². The minimum atomic E-state index is 0.0796. The first kappa shape index (κ1) is 12.0. The van der Waals surface area contributed by atoms with Gasteiger partial charge in [0, 0.05) is 13.1 Å². The van der Waals surface area contributed by atoms with Crippen molar-refractivity contribution in [2.24, 2.45) is 5.41 Å². The highest BCUT2D eigenvalue weighted by atomic mass is 16.5. The summed E-state index contributed by atoms with van der Waals surface area (Å²) < 4.78 is 6.27. The van der Waals surface area contributed by atoms with Gasteiger partial charge in [0.05, 0.1) is 11.7 Å². The largest absolute Gasteiger partial charge is 0.369 e. The predicted octanol–water partition coefficient (Wildman–Crippen LogP) is 2.58. The molecule has 0 spiro atoms. The van der Waals surface area contributed by atoms with Crippen LogP contribution in [-0.4, -0.2) is 24.8 Å². The summed E-state index contributed by atoms with van der Waals surface area (Å²) >= 11 is 0. The summed E-state index contributed by atoms with van der Waals surface area (Å²) in [5, 5.41) is 3.51. The van der Waals surface area contributed by atoms with E-state index in [0.29, 0.717) is 6.10 Å². The van der Waals surface area contributed by atoms with Crippen molar-refractivity contribution in [2.75, 3.05) is 13.1 Å². The molecule has 0 aliphatic carbocycles. The van der Waals surface area contributed by atoms with E-state index in [0.717, 1.165) is 25.9 Å². The molecule has 0 amide bonds. The lowest BCUT2D eigenvalue weighted by Gasteiger charge is -2.45. The van der Waals surface area contributed by atoms with Crippen LogP contribution in [0.2, 0.25) is 0 Å². The van der Waals surface area contributed by atoms with E-state index in [1.165, 1.54) is 0 Å². The molecule has 1 unspecified atom stereocenters. The Labute approximate surface area is 88.4 Å². The molecule has 0 radical (unpaired) electrons. The summed E-state index contributed by atoms with van der Waals surface area (Å²) in [4.78, 5) is 0. The second kappa shape index (κ2) is 4.19. The zero-order chi connectivity index (χ0) is 10.8. The van der Waals surface area contributed by atoms with Gasteiger partial charge >= 0.3 is 0 Å². The molecule has 0 aromatic carbocycles. The number of ether oxygens (including phenoxy) is 1. The molecule has 2 heteroatoms. The first-order valence-corrected chi connectivity index (χ1v) is 5.82. The van der Waals surface area contributed by atoms with Crippen molar-refractivity contribution >= 4 is 0 Å². The maximum absolute atomic E-state index is 6.27. The molecule has 1 saturated heterocycles. The van der Waals surface area contributed by atoms with Crippen LogP contribution in [0.4, 0.5) is 0 Å². The molecule has 84 valence electrons. The molecule has 2 nitrogen and oxygen atoms in total. The smallest absolute Gasteiger partial charge is 0.0805 e. The third-order valence-corrected chi connectivity index (χ3v) is 3.42. The third kappa shape index (κ3) is 2.48.